The summed E-state index contributed by atoms with van der Waals surface area (Å²) in [7, 11) is 0. The van der Waals surface area contributed by atoms with Crippen molar-refractivity contribution in [2.45, 2.75) is 38.8 Å². The summed E-state index contributed by atoms with van der Waals surface area (Å²) >= 11 is 0. The van der Waals surface area contributed by atoms with Gasteiger partial charge in [0.1, 0.15) is 5.82 Å². The van der Waals surface area contributed by atoms with Crippen LogP contribution in [0, 0.1) is 0 Å². The van der Waals surface area contributed by atoms with Gasteiger partial charge in [-0.15, -0.1) is 0 Å². The predicted octanol–water partition coefficient (Wildman–Crippen LogP) is 1.86. The highest BCUT2D eigenvalue weighted by Gasteiger charge is 2.21. The van der Waals surface area contributed by atoms with E-state index in [9.17, 15) is 5.11 Å². The molecule has 2 rings (SSSR count). The fourth-order valence-electron chi connectivity index (χ4n) is 2.56. The third kappa shape index (κ3) is 3.43. The summed E-state index contributed by atoms with van der Waals surface area (Å²) in [6.45, 7) is 5.22. The average Bonchev–Trinajstić information content (AvgIpc) is 2.40. The zero-order valence-corrected chi connectivity index (χ0v) is 11.1. The predicted molar refractivity (Wildman–Crippen MR) is 73.5 cm³/mol. The number of hydrogen-bond acceptors (Lipinski definition) is 4. The SMILES string of the molecule is CCNc1cc(CN2CCCCC2CO)ccn1. The number of nitrogens with one attached hydrogen (secondary N) is 1. The van der Waals surface area contributed by atoms with E-state index < -0.39 is 0 Å². The van der Waals surface area contributed by atoms with Crippen LogP contribution in [0.15, 0.2) is 18.3 Å². The number of piperidine rings is 1. The first kappa shape index (κ1) is 13.3. The lowest BCUT2D eigenvalue weighted by molar-refractivity contribution is 0.0841. The number of aliphatic hydroxyl groups is 1. The smallest absolute Gasteiger partial charge is 0.126 e. The van der Waals surface area contributed by atoms with Crippen LogP contribution in [-0.4, -0.2) is 40.7 Å². The summed E-state index contributed by atoms with van der Waals surface area (Å²) in [5, 5.41) is 12.6. The van der Waals surface area contributed by atoms with Crippen LogP contribution in [0.5, 0.6) is 0 Å². The Kier molecular flexibility index (Phi) is 4.96. The van der Waals surface area contributed by atoms with Gasteiger partial charge in [0, 0.05) is 25.3 Å². The van der Waals surface area contributed by atoms with Crippen LogP contribution < -0.4 is 5.32 Å². The maximum Gasteiger partial charge on any atom is 0.126 e. The van der Waals surface area contributed by atoms with Crippen molar-refractivity contribution < 1.29 is 5.11 Å². The van der Waals surface area contributed by atoms with Crippen molar-refractivity contribution >= 4 is 5.82 Å². The largest absolute Gasteiger partial charge is 0.395 e. The van der Waals surface area contributed by atoms with Crippen molar-refractivity contribution in [1.29, 1.82) is 0 Å². The molecule has 0 bridgehead atoms. The van der Waals surface area contributed by atoms with Crippen molar-refractivity contribution in [3.05, 3.63) is 23.9 Å². The molecule has 1 saturated heterocycles. The number of aliphatic hydroxyl groups excluding tert-OH is 1. The summed E-state index contributed by atoms with van der Waals surface area (Å²) < 4.78 is 0. The number of nitrogens with zero attached hydrogens (tertiary/aromatic N) is 2. The number of hydrogen-bond donors (Lipinski definition) is 2. The first-order chi connectivity index (χ1) is 8.83. The van der Waals surface area contributed by atoms with Gasteiger partial charge in [-0.3, -0.25) is 4.90 Å². The molecule has 1 unspecified atom stereocenters. The highest BCUT2D eigenvalue weighted by Crippen LogP contribution is 2.19. The highest BCUT2D eigenvalue weighted by atomic mass is 16.3. The lowest BCUT2D eigenvalue weighted by atomic mass is 10.0. The molecule has 1 fully saturated rings. The Morgan fingerprint density at radius 3 is 3.17 bits per heavy atom. The Hall–Kier alpha value is -1.13. The number of likely N-dealkylation sites (tertiary alicyclic amines) is 1. The fourth-order valence-corrected chi connectivity index (χ4v) is 2.56. The molecule has 100 valence electrons. The molecule has 18 heavy (non-hydrogen) atoms. The van der Waals surface area contributed by atoms with Crippen molar-refractivity contribution in [1.82, 2.24) is 9.88 Å². The molecule has 1 aliphatic rings. The van der Waals surface area contributed by atoms with Gasteiger partial charge in [-0.2, -0.15) is 0 Å². The third-order valence-electron chi connectivity index (χ3n) is 3.53. The molecule has 0 spiro atoms. The monoisotopic (exact) mass is 249 g/mol. The highest BCUT2D eigenvalue weighted by molar-refractivity contribution is 5.37. The van der Waals surface area contributed by atoms with Gasteiger partial charge >= 0.3 is 0 Å². The quantitative estimate of drug-likeness (QED) is 0.836. The van der Waals surface area contributed by atoms with Gasteiger partial charge in [-0.05, 0) is 44.0 Å². The zero-order valence-electron chi connectivity index (χ0n) is 11.1. The van der Waals surface area contributed by atoms with Crippen LogP contribution in [0.3, 0.4) is 0 Å². The Morgan fingerprint density at radius 1 is 1.50 bits per heavy atom. The van der Waals surface area contributed by atoms with E-state index in [-0.39, 0.29) is 6.61 Å². The number of aromatic nitrogens is 1. The molecule has 1 atom stereocenters. The molecule has 1 aromatic rings. The molecule has 2 heterocycles. The lowest BCUT2D eigenvalue weighted by Gasteiger charge is -2.34. The van der Waals surface area contributed by atoms with E-state index in [4.69, 9.17) is 0 Å². The van der Waals surface area contributed by atoms with Crippen LogP contribution >= 0.6 is 0 Å². The topological polar surface area (TPSA) is 48.4 Å². The lowest BCUT2D eigenvalue weighted by Crippen LogP contribution is -2.41. The Morgan fingerprint density at radius 2 is 2.39 bits per heavy atom. The van der Waals surface area contributed by atoms with Gasteiger partial charge in [-0.1, -0.05) is 6.42 Å². The summed E-state index contributed by atoms with van der Waals surface area (Å²) in [4.78, 5) is 6.67. The molecule has 0 aliphatic carbocycles. The minimum Gasteiger partial charge on any atom is -0.395 e. The molecule has 4 nitrogen and oxygen atoms in total. The molecular weight excluding hydrogens is 226 g/mol. The summed E-state index contributed by atoms with van der Waals surface area (Å²) in [6.07, 6.45) is 5.44. The summed E-state index contributed by atoms with van der Waals surface area (Å²) in [6, 6.07) is 4.49. The molecule has 0 radical (unpaired) electrons. The maximum atomic E-state index is 9.41. The van der Waals surface area contributed by atoms with Gasteiger partial charge in [0.2, 0.25) is 0 Å². The molecular formula is C14H23N3O. The second-order valence-corrected chi connectivity index (χ2v) is 4.88. The second-order valence-electron chi connectivity index (χ2n) is 4.88. The second kappa shape index (κ2) is 6.71. The Labute approximate surface area is 109 Å². The van der Waals surface area contributed by atoms with Gasteiger partial charge in [-0.25, -0.2) is 4.98 Å². The molecule has 1 aliphatic heterocycles. The first-order valence-corrected chi connectivity index (χ1v) is 6.87. The summed E-state index contributed by atoms with van der Waals surface area (Å²) in [5.41, 5.74) is 1.27. The van der Waals surface area contributed by atoms with E-state index in [1.165, 1.54) is 18.4 Å². The minimum absolute atomic E-state index is 0.269. The van der Waals surface area contributed by atoms with Crippen molar-refractivity contribution in [3.8, 4) is 0 Å². The Bertz CT molecular complexity index is 370. The standard InChI is InChI=1S/C14H23N3O/c1-2-15-14-9-12(6-7-16-14)10-17-8-4-3-5-13(17)11-18/h6-7,9,13,18H,2-5,8,10-11H2,1H3,(H,15,16). The Balaban J connectivity index is 2.00. The molecule has 0 saturated carbocycles. The van der Waals surface area contributed by atoms with Crippen LogP contribution in [-0.2, 0) is 6.54 Å². The van der Waals surface area contributed by atoms with Gasteiger partial charge in [0.25, 0.3) is 0 Å². The molecule has 1 aromatic heterocycles. The third-order valence-corrected chi connectivity index (χ3v) is 3.53. The number of anilines is 1. The molecule has 2 N–H and O–H groups in total. The van der Waals surface area contributed by atoms with Crippen LogP contribution in [0.4, 0.5) is 5.82 Å². The number of pyridine rings is 1. The van der Waals surface area contributed by atoms with Crippen LogP contribution in [0.25, 0.3) is 0 Å². The fraction of sp³-hybridized carbons (Fsp3) is 0.643. The molecule has 4 heteroatoms. The zero-order chi connectivity index (χ0) is 12.8. The van der Waals surface area contributed by atoms with E-state index >= 15 is 0 Å². The summed E-state index contributed by atoms with van der Waals surface area (Å²) in [5.74, 6) is 0.938. The molecule has 0 amide bonds. The minimum atomic E-state index is 0.269. The normalized spacial score (nSPS) is 20.9. The van der Waals surface area contributed by atoms with E-state index in [0.717, 1.165) is 31.9 Å². The molecule has 0 aromatic carbocycles. The van der Waals surface area contributed by atoms with Crippen molar-refractivity contribution in [2.24, 2.45) is 0 Å². The average molecular weight is 249 g/mol. The van der Waals surface area contributed by atoms with Crippen molar-refractivity contribution in [2.75, 3.05) is 25.0 Å². The van der Waals surface area contributed by atoms with Gasteiger partial charge in [0.15, 0.2) is 0 Å². The van der Waals surface area contributed by atoms with E-state index in [1.54, 1.807) is 0 Å². The first-order valence-electron chi connectivity index (χ1n) is 6.87. The van der Waals surface area contributed by atoms with Gasteiger partial charge in [0.05, 0.1) is 6.61 Å². The number of rotatable bonds is 5. The van der Waals surface area contributed by atoms with Gasteiger partial charge < -0.3 is 10.4 Å². The van der Waals surface area contributed by atoms with E-state index in [2.05, 4.69) is 34.3 Å². The maximum absolute atomic E-state index is 9.41. The van der Waals surface area contributed by atoms with Crippen LogP contribution in [0.2, 0.25) is 0 Å². The van der Waals surface area contributed by atoms with E-state index in [1.807, 2.05) is 6.20 Å². The van der Waals surface area contributed by atoms with Crippen LogP contribution in [0.1, 0.15) is 31.7 Å². The van der Waals surface area contributed by atoms with E-state index in [0.29, 0.717) is 6.04 Å². The van der Waals surface area contributed by atoms with Crippen molar-refractivity contribution in [3.63, 3.8) is 0 Å².